The summed E-state index contributed by atoms with van der Waals surface area (Å²) in [6, 6.07) is 8.86. The van der Waals surface area contributed by atoms with Crippen molar-refractivity contribution in [2.45, 2.75) is 32.2 Å². The maximum atomic E-state index is 10.8. The molecule has 0 aliphatic carbocycles. The predicted molar refractivity (Wildman–Crippen MR) is 79.1 cm³/mol. The molecule has 0 aromatic heterocycles. The quantitative estimate of drug-likeness (QED) is 0.897. The molecule has 2 rings (SSSR count). The van der Waals surface area contributed by atoms with Gasteiger partial charge in [-0.25, -0.2) is 0 Å². The van der Waals surface area contributed by atoms with Crippen molar-refractivity contribution >= 4 is 21.9 Å². The van der Waals surface area contributed by atoms with E-state index in [1.54, 1.807) is 0 Å². The van der Waals surface area contributed by atoms with Gasteiger partial charge in [-0.05, 0) is 43.0 Å². The Balaban J connectivity index is 2.03. The number of rotatable bonds is 5. The van der Waals surface area contributed by atoms with Gasteiger partial charge in [0.25, 0.3) is 0 Å². The summed E-state index contributed by atoms with van der Waals surface area (Å²) < 4.78 is 1.09. The van der Waals surface area contributed by atoms with Crippen LogP contribution in [0.2, 0.25) is 0 Å². The van der Waals surface area contributed by atoms with Gasteiger partial charge in [0.1, 0.15) is 0 Å². The Morgan fingerprint density at radius 3 is 2.74 bits per heavy atom. The smallest absolute Gasteiger partial charge is 0.303 e. The molecule has 1 aliphatic rings. The number of hydrogen-bond acceptors (Lipinski definition) is 2. The number of nitrogens with zero attached hydrogens (tertiary/aromatic N) is 1. The molecule has 3 nitrogen and oxygen atoms in total. The maximum Gasteiger partial charge on any atom is 0.303 e. The summed E-state index contributed by atoms with van der Waals surface area (Å²) in [5, 5.41) is 8.88. The summed E-state index contributed by atoms with van der Waals surface area (Å²) >= 11 is 3.46. The molecular formula is C15H20BrNO2. The summed E-state index contributed by atoms with van der Waals surface area (Å²) in [6.07, 6.45) is 2.36. The van der Waals surface area contributed by atoms with E-state index < -0.39 is 5.97 Å². The van der Waals surface area contributed by atoms with E-state index in [1.807, 2.05) is 0 Å². The lowest BCUT2D eigenvalue weighted by molar-refractivity contribution is -0.138. The number of carboxylic acid groups (broad SMARTS) is 1. The summed E-state index contributed by atoms with van der Waals surface area (Å²) in [6.45, 7) is 4.10. The molecule has 0 spiro atoms. The van der Waals surface area contributed by atoms with Crippen LogP contribution >= 0.6 is 15.9 Å². The molecule has 104 valence electrons. The van der Waals surface area contributed by atoms with Gasteiger partial charge in [0, 0.05) is 23.5 Å². The van der Waals surface area contributed by atoms with Gasteiger partial charge >= 0.3 is 5.97 Å². The molecule has 1 fully saturated rings. The minimum atomic E-state index is -0.677. The summed E-state index contributed by atoms with van der Waals surface area (Å²) in [7, 11) is 0. The minimum Gasteiger partial charge on any atom is -0.481 e. The van der Waals surface area contributed by atoms with Gasteiger partial charge in [-0.1, -0.05) is 35.0 Å². The molecule has 2 atom stereocenters. The van der Waals surface area contributed by atoms with Crippen LogP contribution < -0.4 is 0 Å². The fraction of sp³-hybridized carbons (Fsp3) is 0.533. The molecule has 0 amide bonds. The number of halogens is 1. The van der Waals surface area contributed by atoms with Crippen LogP contribution in [-0.2, 0) is 4.79 Å². The van der Waals surface area contributed by atoms with Crippen LogP contribution in [0.15, 0.2) is 28.7 Å². The fourth-order valence-electron chi connectivity index (χ4n) is 2.95. The van der Waals surface area contributed by atoms with Crippen LogP contribution in [0, 0.1) is 5.92 Å². The maximum absolute atomic E-state index is 10.8. The third-order valence-corrected chi connectivity index (χ3v) is 4.39. The number of hydrogen-bond donors (Lipinski definition) is 1. The first-order valence-corrected chi connectivity index (χ1v) is 7.60. The molecular weight excluding hydrogens is 306 g/mol. The Morgan fingerprint density at radius 1 is 1.47 bits per heavy atom. The predicted octanol–water partition coefficient (Wildman–Crippen LogP) is 3.70. The zero-order valence-corrected chi connectivity index (χ0v) is 12.8. The van der Waals surface area contributed by atoms with E-state index in [0.717, 1.165) is 30.4 Å². The van der Waals surface area contributed by atoms with Crippen molar-refractivity contribution in [1.29, 1.82) is 0 Å². The highest BCUT2D eigenvalue weighted by atomic mass is 79.9. The van der Waals surface area contributed by atoms with E-state index in [1.165, 1.54) is 5.56 Å². The average Bonchev–Trinajstić information content (AvgIpc) is 2.80. The normalized spacial score (nSPS) is 21.5. The van der Waals surface area contributed by atoms with Crippen LogP contribution in [0.4, 0.5) is 0 Å². The molecule has 19 heavy (non-hydrogen) atoms. The molecule has 1 aromatic rings. The van der Waals surface area contributed by atoms with Crippen molar-refractivity contribution in [2.75, 3.05) is 13.1 Å². The van der Waals surface area contributed by atoms with Gasteiger partial charge in [0.05, 0.1) is 0 Å². The highest BCUT2D eigenvalue weighted by Crippen LogP contribution is 2.31. The molecule has 2 unspecified atom stereocenters. The summed E-state index contributed by atoms with van der Waals surface area (Å²) in [5.41, 5.74) is 1.32. The second kappa shape index (κ2) is 6.53. The summed E-state index contributed by atoms with van der Waals surface area (Å²) in [4.78, 5) is 13.2. The van der Waals surface area contributed by atoms with Gasteiger partial charge < -0.3 is 5.11 Å². The monoisotopic (exact) mass is 325 g/mol. The number of likely N-dealkylation sites (tertiary alicyclic amines) is 1. The third kappa shape index (κ3) is 3.80. The van der Waals surface area contributed by atoms with Crippen LogP contribution in [0.25, 0.3) is 0 Å². The third-order valence-electron chi connectivity index (χ3n) is 3.86. The molecule has 1 heterocycles. The highest BCUT2D eigenvalue weighted by molar-refractivity contribution is 9.10. The fourth-order valence-corrected chi connectivity index (χ4v) is 3.21. The minimum absolute atomic E-state index is 0.299. The van der Waals surface area contributed by atoms with Crippen molar-refractivity contribution < 1.29 is 9.90 Å². The Hall–Kier alpha value is -0.870. The first-order chi connectivity index (χ1) is 9.10. The highest BCUT2D eigenvalue weighted by Gasteiger charge is 2.29. The van der Waals surface area contributed by atoms with E-state index in [9.17, 15) is 4.79 Å². The van der Waals surface area contributed by atoms with Crippen LogP contribution in [0.5, 0.6) is 0 Å². The standard InChI is InChI=1S/C15H20BrNO2/c1-2-14(12-3-5-13(16)6-4-12)17-8-7-11(10-17)9-15(18)19/h3-6,11,14H,2,7-10H2,1H3,(H,18,19). The van der Waals surface area contributed by atoms with Crippen LogP contribution in [-0.4, -0.2) is 29.1 Å². The largest absolute Gasteiger partial charge is 0.481 e. The molecule has 4 heteroatoms. The van der Waals surface area contributed by atoms with Gasteiger partial charge in [0.15, 0.2) is 0 Å². The van der Waals surface area contributed by atoms with E-state index in [4.69, 9.17) is 5.11 Å². The summed E-state index contributed by atoms with van der Waals surface area (Å²) in [5.74, 6) is -0.370. The molecule has 1 aromatic carbocycles. The molecule has 0 radical (unpaired) electrons. The number of aliphatic carboxylic acids is 1. The zero-order valence-electron chi connectivity index (χ0n) is 11.2. The van der Waals surface area contributed by atoms with Crippen molar-refractivity contribution in [1.82, 2.24) is 4.90 Å². The first-order valence-electron chi connectivity index (χ1n) is 6.81. The zero-order chi connectivity index (χ0) is 13.8. The van der Waals surface area contributed by atoms with Crippen molar-refractivity contribution in [2.24, 2.45) is 5.92 Å². The number of benzene rings is 1. The van der Waals surface area contributed by atoms with E-state index in [2.05, 4.69) is 52.0 Å². The average molecular weight is 326 g/mol. The molecule has 0 bridgehead atoms. The molecule has 0 saturated carbocycles. The van der Waals surface area contributed by atoms with Gasteiger partial charge in [0.2, 0.25) is 0 Å². The molecule has 1 saturated heterocycles. The van der Waals surface area contributed by atoms with Crippen molar-refractivity contribution in [3.8, 4) is 0 Å². The SMILES string of the molecule is CCC(c1ccc(Br)cc1)N1CCC(CC(=O)O)C1. The first kappa shape index (κ1) is 14.5. The lowest BCUT2D eigenvalue weighted by Gasteiger charge is -2.27. The van der Waals surface area contributed by atoms with Crippen LogP contribution in [0.3, 0.4) is 0 Å². The van der Waals surface area contributed by atoms with Gasteiger partial charge in [-0.15, -0.1) is 0 Å². The lowest BCUT2D eigenvalue weighted by atomic mass is 10.0. The molecule has 1 aliphatic heterocycles. The second-order valence-electron chi connectivity index (χ2n) is 5.22. The Morgan fingerprint density at radius 2 is 2.16 bits per heavy atom. The van der Waals surface area contributed by atoms with Gasteiger partial charge in [-0.3, -0.25) is 9.69 Å². The Labute approximate surface area is 122 Å². The number of carboxylic acids is 1. The van der Waals surface area contributed by atoms with Gasteiger partial charge in [-0.2, -0.15) is 0 Å². The topological polar surface area (TPSA) is 40.5 Å². The van der Waals surface area contributed by atoms with E-state index in [-0.39, 0.29) is 0 Å². The number of carbonyl (C=O) groups is 1. The van der Waals surface area contributed by atoms with E-state index in [0.29, 0.717) is 18.4 Å². The van der Waals surface area contributed by atoms with E-state index >= 15 is 0 Å². The Bertz CT molecular complexity index is 432. The van der Waals surface area contributed by atoms with Crippen LogP contribution in [0.1, 0.15) is 37.8 Å². The Kier molecular flexibility index (Phi) is 4.99. The van der Waals surface area contributed by atoms with Crippen molar-refractivity contribution in [3.05, 3.63) is 34.3 Å². The molecule has 1 N–H and O–H groups in total. The lowest BCUT2D eigenvalue weighted by Crippen LogP contribution is -2.26. The second-order valence-corrected chi connectivity index (χ2v) is 6.14. The van der Waals surface area contributed by atoms with Crippen molar-refractivity contribution in [3.63, 3.8) is 0 Å².